The van der Waals surface area contributed by atoms with Crippen molar-refractivity contribution in [3.8, 4) is 0 Å². The number of hydrogen-bond donors (Lipinski definition) is 2. The Balaban J connectivity index is 2.38. The normalized spacial score (nSPS) is 42.9. The van der Waals surface area contributed by atoms with E-state index >= 15 is 0 Å². The van der Waals surface area contributed by atoms with E-state index in [1.165, 1.54) is 6.42 Å². The molecule has 0 bridgehead atoms. The van der Waals surface area contributed by atoms with Crippen molar-refractivity contribution in [3.05, 3.63) is 0 Å². The van der Waals surface area contributed by atoms with Gasteiger partial charge in [0.15, 0.2) is 0 Å². The van der Waals surface area contributed by atoms with E-state index in [2.05, 4.69) is 6.92 Å². The molecule has 1 aliphatic carbocycles. The highest BCUT2D eigenvalue weighted by atomic mass is 16.3. The molecule has 0 heterocycles. The monoisotopic (exact) mass is 143 g/mol. The van der Waals surface area contributed by atoms with Crippen LogP contribution < -0.4 is 5.73 Å². The minimum Gasteiger partial charge on any atom is -0.392 e. The molecule has 0 aromatic rings. The Morgan fingerprint density at radius 2 is 1.80 bits per heavy atom. The van der Waals surface area contributed by atoms with Crippen molar-refractivity contribution in [1.82, 2.24) is 0 Å². The summed E-state index contributed by atoms with van der Waals surface area (Å²) in [5, 5.41) is 9.35. The van der Waals surface area contributed by atoms with Crippen LogP contribution in [0.3, 0.4) is 0 Å². The number of hydrogen-bond acceptors (Lipinski definition) is 2. The molecule has 1 fully saturated rings. The van der Waals surface area contributed by atoms with Crippen molar-refractivity contribution < 1.29 is 5.11 Å². The molecular formula is C8H17NO. The Morgan fingerprint density at radius 3 is 2.50 bits per heavy atom. The van der Waals surface area contributed by atoms with Crippen LogP contribution in [0.25, 0.3) is 0 Å². The molecule has 60 valence electrons. The summed E-state index contributed by atoms with van der Waals surface area (Å²) in [5.41, 5.74) is 5.69. The summed E-state index contributed by atoms with van der Waals surface area (Å²) in [6.07, 6.45) is 3.95. The summed E-state index contributed by atoms with van der Waals surface area (Å²) >= 11 is 0. The predicted octanol–water partition coefficient (Wildman–Crippen LogP) is 0.885. The Labute approximate surface area is 62.4 Å². The highest BCUT2D eigenvalue weighted by molar-refractivity contribution is 4.77. The van der Waals surface area contributed by atoms with Gasteiger partial charge in [-0.2, -0.15) is 0 Å². The maximum atomic E-state index is 9.35. The molecule has 0 unspecified atom stereocenters. The lowest BCUT2D eigenvalue weighted by Gasteiger charge is -2.13. The standard InChI is InChI=1S/C8H17NO/c1-6-2-4-7(9)8(10)5-3-6/h6-8,10H,2-5,9H2,1H3/t6-,7+,8+/m1/s1. The topological polar surface area (TPSA) is 46.2 Å². The molecular weight excluding hydrogens is 126 g/mol. The van der Waals surface area contributed by atoms with E-state index in [1.807, 2.05) is 0 Å². The van der Waals surface area contributed by atoms with Crippen molar-refractivity contribution in [2.75, 3.05) is 0 Å². The molecule has 10 heavy (non-hydrogen) atoms. The van der Waals surface area contributed by atoms with Crippen LogP contribution in [-0.4, -0.2) is 17.3 Å². The van der Waals surface area contributed by atoms with E-state index in [1.54, 1.807) is 0 Å². The van der Waals surface area contributed by atoms with Crippen molar-refractivity contribution in [1.29, 1.82) is 0 Å². The molecule has 3 atom stereocenters. The fraction of sp³-hybridized carbons (Fsp3) is 1.00. The molecule has 2 heteroatoms. The second kappa shape index (κ2) is 3.35. The van der Waals surface area contributed by atoms with Crippen LogP contribution in [0.4, 0.5) is 0 Å². The minimum absolute atomic E-state index is 0.0324. The molecule has 0 saturated heterocycles. The molecule has 0 aromatic heterocycles. The molecule has 0 spiro atoms. The van der Waals surface area contributed by atoms with E-state index < -0.39 is 0 Å². The molecule has 2 nitrogen and oxygen atoms in total. The summed E-state index contributed by atoms with van der Waals surface area (Å²) in [6, 6.07) is 0.0324. The lowest BCUT2D eigenvalue weighted by molar-refractivity contribution is 0.136. The number of aliphatic hydroxyl groups excluding tert-OH is 1. The van der Waals surface area contributed by atoms with Gasteiger partial charge in [-0.05, 0) is 31.6 Å². The van der Waals surface area contributed by atoms with E-state index in [0.29, 0.717) is 0 Å². The van der Waals surface area contributed by atoms with Crippen LogP contribution in [0, 0.1) is 5.92 Å². The second-order valence-electron chi connectivity index (χ2n) is 3.49. The average Bonchev–Trinajstić information content (AvgIpc) is 2.04. The summed E-state index contributed by atoms with van der Waals surface area (Å²) < 4.78 is 0. The van der Waals surface area contributed by atoms with Gasteiger partial charge in [-0.25, -0.2) is 0 Å². The Bertz CT molecular complexity index is 93.4. The van der Waals surface area contributed by atoms with Crippen molar-refractivity contribution >= 4 is 0 Å². The highest BCUT2D eigenvalue weighted by Crippen LogP contribution is 2.21. The fourth-order valence-corrected chi connectivity index (χ4v) is 1.48. The summed E-state index contributed by atoms with van der Waals surface area (Å²) in [5.74, 6) is 0.753. The zero-order chi connectivity index (χ0) is 7.56. The number of rotatable bonds is 0. The first kappa shape index (κ1) is 8.02. The van der Waals surface area contributed by atoms with Gasteiger partial charge in [-0.1, -0.05) is 6.92 Å². The van der Waals surface area contributed by atoms with Gasteiger partial charge >= 0.3 is 0 Å². The smallest absolute Gasteiger partial charge is 0.0691 e. The highest BCUT2D eigenvalue weighted by Gasteiger charge is 2.20. The zero-order valence-corrected chi connectivity index (χ0v) is 6.59. The Hall–Kier alpha value is -0.0800. The summed E-state index contributed by atoms with van der Waals surface area (Å²) in [7, 11) is 0. The van der Waals surface area contributed by atoms with E-state index in [-0.39, 0.29) is 12.1 Å². The molecule has 0 amide bonds. The van der Waals surface area contributed by atoms with Crippen LogP contribution in [0.2, 0.25) is 0 Å². The maximum Gasteiger partial charge on any atom is 0.0691 e. The van der Waals surface area contributed by atoms with Crippen LogP contribution in [0.1, 0.15) is 32.6 Å². The first-order valence-corrected chi connectivity index (χ1v) is 4.14. The Morgan fingerprint density at radius 1 is 1.20 bits per heavy atom. The van der Waals surface area contributed by atoms with Crippen LogP contribution in [-0.2, 0) is 0 Å². The quantitative estimate of drug-likeness (QED) is 0.494. The zero-order valence-electron chi connectivity index (χ0n) is 6.59. The van der Waals surface area contributed by atoms with Crippen molar-refractivity contribution in [3.63, 3.8) is 0 Å². The van der Waals surface area contributed by atoms with E-state index in [4.69, 9.17) is 5.73 Å². The fourth-order valence-electron chi connectivity index (χ4n) is 1.48. The molecule has 0 radical (unpaired) electrons. The van der Waals surface area contributed by atoms with Crippen molar-refractivity contribution in [2.24, 2.45) is 11.7 Å². The van der Waals surface area contributed by atoms with E-state index in [9.17, 15) is 5.11 Å². The van der Waals surface area contributed by atoms with E-state index in [0.717, 1.165) is 25.2 Å². The third-order valence-corrected chi connectivity index (χ3v) is 2.44. The van der Waals surface area contributed by atoms with Gasteiger partial charge in [0.25, 0.3) is 0 Å². The first-order valence-electron chi connectivity index (χ1n) is 4.14. The molecule has 0 aromatic carbocycles. The summed E-state index contributed by atoms with van der Waals surface area (Å²) in [6.45, 7) is 2.23. The van der Waals surface area contributed by atoms with Crippen LogP contribution in [0.15, 0.2) is 0 Å². The third kappa shape index (κ3) is 1.96. The third-order valence-electron chi connectivity index (χ3n) is 2.44. The first-order chi connectivity index (χ1) is 4.70. The van der Waals surface area contributed by atoms with Crippen molar-refractivity contribution in [2.45, 2.75) is 44.8 Å². The lowest BCUT2D eigenvalue weighted by Crippen LogP contribution is -2.33. The van der Waals surface area contributed by atoms with Gasteiger partial charge in [0.1, 0.15) is 0 Å². The molecule has 1 rings (SSSR count). The predicted molar refractivity (Wildman–Crippen MR) is 41.6 cm³/mol. The van der Waals surface area contributed by atoms with Gasteiger partial charge in [0.2, 0.25) is 0 Å². The van der Waals surface area contributed by atoms with Gasteiger partial charge < -0.3 is 10.8 Å². The average molecular weight is 143 g/mol. The van der Waals surface area contributed by atoms with Crippen LogP contribution in [0.5, 0.6) is 0 Å². The number of nitrogens with two attached hydrogens (primary N) is 1. The largest absolute Gasteiger partial charge is 0.392 e. The summed E-state index contributed by atoms with van der Waals surface area (Å²) in [4.78, 5) is 0. The molecule has 0 aliphatic heterocycles. The second-order valence-corrected chi connectivity index (χ2v) is 3.49. The molecule has 1 aliphatic rings. The lowest BCUT2D eigenvalue weighted by atomic mass is 10.0. The van der Waals surface area contributed by atoms with Gasteiger partial charge in [-0.3, -0.25) is 0 Å². The van der Waals surface area contributed by atoms with Gasteiger partial charge in [-0.15, -0.1) is 0 Å². The SMILES string of the molecule is C[C@@H]1CC[C@H](N)[C@@H](O)CC1. The van der Waals surface area contributed by atoms with Crippen LogP contribution >= 0.6 is 0 Å². The minimum atomic E-state index is -0.245. The molecule has 1 saturated carbocycles. The number of aliphatic hydroxyl groups is 1. The van der Waals surface area contributed by atoms with Gasteiger partial charge in [0.05, 0.1) is 6.10 Å². The molecule has 3 N–H and O–H groups in total. The maximum absolute atomic E-state index is 9.35. The Kier molecular flexibility index (Phi) is 2.69. The van der Waals surface area contributed by atoms with Gasteiger partial charge in [0, 0.05) is 6.04 Å².